The topological polar surface area (TPSA) is 44.8 Å². The molecule has 2 aromatic carbocycles. The number of hydrogen-bond donors (Lipinski definition) is 0. The second-order valence-corrected chi connectivity index (χ2v) is 4.56. The third-order valence-electron chi connectivity index (χ3n) is 3.30. The minimum atomic E-state index is -0.389. The van der Waals surface area contributed by atoms with Crippen molar-refractivity contribution in [1.29, 1.82) is 0 Å². The van der Waals surface area contributed by atoms with Crippen LogP contribution in [0, 0.1) is 0 Å². The largest absolute Gasteiger partial charge is 0.496 e. The predicted molar refractivity (Wildman–Crippen MR) is 79.5 cm³/mol. The minimum absolute atomic E-state index is 0.389. The van der Waals surface area contributed by atoms with Crippen LogP contribution in [0.5, 0.6) is 17.2 Å². The summed E-state index contributed by atoms with van der Waals surface area (Å²) in [4.78, 5) is 12.1. The number of benzene rings is 2. The van der Waals surface area contributed by atoms with Crippen molar-refractivity contribution in [3.05, 3.63) is 53.6 Å². The molecule has 1 aliphatic rings. The smallest absolute Gasteiger partial charge is 0.344 e. The number of rotatable bonds is 3. The number of fused-ring (bicyclic) bond motifs is 1. The lowest BCUT2D eigenvalue weighted by molar-refractivity contribution is -0.126. The van der Waals surface area contributed by atoms with Crippen molar-refractivity contribution < 1.29 is 19.0 Å². The van der Waals surface area contributed by atoms with E-state index < -0.39 is 0 Å². The first kappa shape index (κ1) is 13.2. The lowest BCUT2D eigenvalue weighted by Crippen LogP contribution is -2.00. The van der Waals surface area contributed by atoms with E-state index >= 15 is 0 Å². The van der Waals surface area contributed by atoms with Gasteiger partial charge in [-0.05, 0) is 11.6 Å². The second-order valence-electron chi connectivity index (χ2n) is 4.56. The van der Waals surface area contributed by atoms with Crippen molar-refractivity contribution in [3.63, 3.8) is 0 Å². The first-order valence-electron chi connectivity index (χ1n) is 6.48. The third kappa shape index (κ3) is 2.36. The highest BCUT2D eigenvalue weighted by Crippen LogP contribution is 2.44. The van der Waals surface area contributed by atoms with E-state index in [1.807, 2.05) is 30.3 Å². The molecule has 0 atom stereocenters. The lowest BCUT2D eigenvalue weighted by atomic mass is 10.0. The Bertz CT molecular complexity index is 717. The highest BCUT2D eigenvalue weighted by molar-refractivity contribution is 6.26. The molecule has 0 spiro atoms. The van der Waals surface area contributed by atoms with Crippen LogP contribution in [0.15, 0.2) is 42.5 Å². The van der Waals surface area contributed by atoms with Crippen LogP contribution in [0.3, 0.4) is 0 Å². The fourth-order valence-electron chi connectivity index (χ4n) is 2.29. The Balaban J connectivity index is 2.15. The number of carbonyl (C=O) groups is 1. The van der Waals surface area contributed by atoms with E-state index in [-0.39, 0.29) is 5.97 Å². The molecule has 0 aromatic heterocycles. The Hall–Kier alpha value is -2.75. The zero-order valence-corrected chi connectivity index (χ0v) is 11.8. The fourth-order valence-corrected chi connectivity index (χ4v) is 2.29. The molecule has 4 heteroatoms. The van der Waals surface area contributed by atoms with E-state index in [0.717, 1.165) is 5.56 Å². The van der Waals surface area contributed by atoms with Gasteiger partial charge in [0.2, 0.25) is 0 Å². The standard InChI is InChI=1S/C17H14O4/c1-19-12-9-14(20-2)16-13(17(18)21-15(16)10-12)8-11-6-4-3-5-7-11/h3-10H,1-2H3/b13-8-. The van der Waals surface area contributed by atoms with Crippen molar-refractivity contribution in [2.75, 3.05) is 14.2 Å². The Morgan fingerprint density at radius 1 is 1.05 bits per heavy atom. The minimum Gasteiger partial charge on any atom is -0.496 e. The van der Waals surface area contributed by atoms with E-state index in [1.54, 1.807) is 32.4 Å². The fraction of sp³-hybridized carbons (Fsp3) is 0.118. The monoisotopic (exact) mass is 282 g/mol. The van der Waals surface area contributed by atoms with Crippen LogP contribution in [0.4, 0.5) is 0 Å². The van der Waals surface area contributed by atoms with Crippen molar-refractivity contribution in [2.45, 2.75) is 0 Å². The van der Waals surface area contributed by atoms with E-state index in [1.165, 1.54) is 0 Å². The van der Waals surface area contributed by atoms with Crippen LogP contribution < -0.4 is 14.2 Å². The molecule has 0 radical (unpaired) electrons. The molecule has 0 amide bonds. The Morgan fingerprint density at radius 2 is 1.81 bits per heavy atom. The van der Waals surface area contributed by atoms with E-state index in [9.17, 15) is 4.79 Å². The van der Waals surface area contributed by atoms with Gasteiger partial charge in [0.1, 0.15) is 17.2 Å². The average molecular weight is 282 g/mol. The highest BCUT2D eigenvalue weighted by atomic mass is 16.5. The lowest BCUT2D eigenvalue weighted by Gasteiger charge is -2.08. The molecule has 1 heterocycles. The molecule has 0 bridgehead atoms. The summed E-state index contributed by atoms with van der Waals surface area (Å²) < 4.78 is 15.9. The molecule has 0 aliphatic carbocycles. The molecule has 1 aliphatic heterocycles. The molecular weight excluding hydrogens is 268 g/mol. The van der Waals surface area contributed by atoms with Crippen molar-refractivity contribution >= 4 is 17.6 Å². The van der Waals surface area contributed by atoms with Gasteiger partial charge in [0, 0.05) is 12.1 Å². The van der Waals surface area contributed by atoms with Crippen LogP contribution in [0.1, 0.15) is 11.1 Å². The van der Waals surface area contributed by atoms with Gasteiger partial charge < -0.3 is 14.2 Å². The zero-order valence-electron chi connectivity index (χ0n) is 11.8. The summed E-state index contributed by atoms with van der Waals surface area (Å²) in [6, 6.07) is 13.0. The Morgan fingerprint density at radius 3 is 2.48 bits per heavy atom. The van der Waals surface area contributed by atoms with E-state index in [4.69, 9.17) is 14.2 Å². The molecule has 0 fully saturated rings. The normalized spacial score (nSPS) is 14.8. The summed E-state index contributed by atoms with van der Waals surface area (Å²) >= 11 is 0. The molecule has 21 heavy (non-hydrogen) atoms. The average Bonchev–Trinajstić information content (AvgIpc) is 2.83. The molecule has 0 N–H and O–H groups in total. The molecular formula is C17H14O4. The third-order valence-corrected chi connectivity index (χ3v) is 3.30. The first-order valence-corrected chi connectivity index (χ1v) is 6.48. The number of ether oxygens (including phenoxy) is 3. The van der Waals surface area contributed by atoms with Gasteiger partial charge in [-0.25, -0.2) is 4.79 Å². The van der Waals surface area contributed by atoms with Crippen LogP contribution in [0.25, 0.3) is 11.6 Å². The van der Waals surface area contributed by atoms with Crippen LogP contribution in [0.2, 0.25) is 0 Å². The Kier molecular flexibility index (Phi) is 3.36. The molecule has 0 saturated heterocycles. The number of methoxy groups -OCH3 is 2. The molecule has 4 nitrogen and oxygen atoms in total. The maximum absolute atomic E-state index is 12.1. The Labute approximate surface area is 122 Å². The van der Waals surface area contributed by atoms with Gasteiger partial charge in [-0.15, -0.1) is 0 Å². The van der Waals surface area contributed by atoms with Gasteiger partial charge in [0.05, 0.1) is 25.4 Å². The van der Waals surface area contributed by atoms with Crippen molar-refractivity contribution in [1.82, 2.24) is 0 Å². The summed E-state index contributed by atoms with van der Waals surface area (Å²) in [5.74, 6) is 1.20. The summed E-state index contributed by atoms with van der Waals surface area (Å²) in [5, 5.41) is 0. The highest BCUT2D eigenvalue weighted by Gasteiger charge is 2.31. The predicted octanol–water partition coefficient (Wildman–Crippen LogP) is 3.16. The maximum Gasteiger partial charge on any atom is 0.344 e. The maximum atomic E-state index is 12.1. The summed E-state index contributed by atoms with van der Waals surface area (Å²) in [5.41, 5.74) is 2.07. The number of carbonyl (C=O) groups excluding carboxylic acids is 1. The van der Waals surface area contributed by atoms with Gasteiger partial charge >= 0.3 is 5.97 Å². The van der Waals surface area contributed by atoms with Crippen LogP contribution in [-0.2, 0) is 4.79 Å². The van der Waals surface area contributed by atoms with Crippen LogP contribution >= 0.6 is 0 Å². The van der Waals surface area contributed by atoms with Gasteiger partial charge in [0.25, 0.3) is 0 Å². The number of esters is 1. The quantitative estimate of drug-likeness (QED) is 0.493. The SMILES string of the molecule is COc1cc(OC)c2c(c1)OC(=O)/C2=C\c1ccccc1. The molecule has 0 unspecified atom stereocenters. The van der Waals surface area contributed by atoms with E-state index in [2.05, 4.69) is 0 Å². The van der Waals surface area contributed by atoms with E-state index in [0.29, 0.717) is 28.4 Å². The summed E-state index contributed by atoms with van der Waals surface area (Å²) in [6.45, 7) is 0. The first-order chi connectivity index (χ1) is 10.2. The van der Waals surface area contributed by atoms with Crippen LogP contribution in [-0.4, -0.2) is 20.2 Å². The van der Waals surface area contributed by atoms with Gasteiger partial charge in [0.15, 0.2) is 0 Å². The molecule has 0 saturated carbocycles. The summed E-state index contributed by atoms with van der Waals surface area (Å²) in [7, 11) is 3.11. The second kappa shape index (κ2) is 5.32. The summed E-state index contributed by atoms with van der Waals surface area (Å²) in [6.07, 6.45) is 1.79. The van der Waals surface area contributed by atoms with Gasteiger partial charge in [-0.2, -0.15) is 0 Å². The van der Waals surface area contributed by atoms with Crippen molar-refractivity contribution in [3.8, 4) is 17.2 Å². The van der Waals surface area contributed by atoms with Crippen molar-refractivity contribution in [2.24, 2.45) is 0 Å². The molecule has 3 rings (SSSR count). The molecule has 2 aromatic rings. The molecule has 106 valence electrons. The zero-order chi connectivity index (χ0) is 14.8. The van der Waals surface area contributed by atoms with Gasteiger partial charge in [-0.3, -0.25) is 0 Å². The number of hydrogen-bond acceptors (Lipinski definition) is 4. The van der Waals surface area contributed by atoms with Gasteiger partial charge in [-0.1, -0.05) is 30.3 Å².